The van der Waals surface area contributed by atoms with E-state index in [1.807, 2.05) is 12.1 Å². The van der Waals surface area contributed by atoms with Crippen molar-refractivity contribution in [3.8, 4) is 11.6 Å². The number of H-pyrrole nitrogens is 1. The van der Waals surface area contributed by atoms with E-state index in [2.05, 4.69) is 30.3 Å². The molecular formula is C22H24N6O4S. The molecule has 4 heterocycles. The van der Waals surface area contributed by atoms with Crippen LogP contribution in [0.4, 0.5) is 5.88 Å². The summed E-state index contributed by atoms with van der Waals surface area (Å²) >= 11 is 1.30. The maximum Gasteiger partial charge on any atom is 0.277 e. The van der Waals surface area contributed by atoms with Gasteiger partial charge in [-0.3, -0.25) is 19.5 Å². The van der Waals surface area contributed by atoms with Crippen LogP contribution in [0.5, 0.6) is 0 Å². The molecule has 0 aliphatic heterocycles. The molecule has 0 bridgehead atoms. The Bertz CT molecular complexity index is 1350. The lowest BCUT2D eigenvalue weighted by Crippen LogP contribution is -2.18. The van der Waals surface area contributed by atoms with Gasteiger partial charge in [-0.2, -0.15) is 5.10 Å². The highest BCUT2D eigenvalue weighted by Crippen LogP contribution is 2.36. The predicted molar refractivity (Wildman–Crippen MR) is 123 cm³/mol. The third kappa shape index (κ3) is 4.08. The number of nitrogens with zero attached hydrogens (tertiary/aromatic N) is 4. The van der Waals surface area contributed by atoms with Crippen molar-refractivity contribution in [1.29, 1.82) is 0 Å². The number of aromatic amines is 1. The standard InChI is InChI=1S/C22H24N6O4S/c1-12-17-13(2)32-21(18(17)20(30)26-24-12)23-16(29)11-33-22-27-25-19(15-9-6-10-31-15)28(22)14-7-4-3-5-8-14/h6,9-10,14H,3-5,7-8,11H2,1-2H3,(H,23,29)(H,26,30). The summed E-state index contributed by atoms with van der Waals surface area (Å²) in [6.45, 7) is 3.51. The minimum Gasteiger partial charge on any atom is -0.461 e. The van der Waals surface area contributed by atoms with Crippen LogP contribution < -0.4 is 10.9 Å². The molecule has 2 N–H and O–H groups in total. The highest BCUT2D eigenvalue weighted by atomic mass is 32.2. The molecule has 11 heteroatoms. The van der Waals surface area contributed by atoms with E-state index in [0.29, 0.717) is 39.0 Å². The summed E-state index contributed by atoms with van der Waals surface area (Å²) < 4.78 is 13.3. The van der Waals surface area contributed by atoms with Gasteiger partial charge in [0.25, 0.3) is 5.56 Å². The van der Waals surface area contributed by atoms with E-state index in [-0.39, 0.29) is 23.6 Å². The average Bonchev–Trinajstić information content (AvgIpc) is 3.55. The normalized spacial score (nSPS) is 14.7. The Kier molecular flexibility index (Phi) is 5.79. The summed E-state index contributed by atoms with van der Waals surface area (Å²) in [5, 5.41) is 19.4. The number of nitrogens with one attached hydrogen (secondary N) is 2. The number of carbonyl (C=O) groups is 1. The smallest absolute Gasteiger partial charge is 0.277 e. The lowest BCUT2D eigenvalue weighted by atomic mass is 9.95. The molecule has 0 aromatic carbocycles. The fourth-order valence-corrected chi connectivity index (χ4v) is 5.25. The van der Waals surface area contributed by atoms with Gasteiger partial charge in [0.05, 0.1) is 23.1 Å². The number of carbonyl (C=O) groups excluding carboxylic acids is 1. The van der Waals surface area contributed by atoms with E-state index in [0.717, 1.165) is 25.7 Å². The fraction of sp³-hybridized carbons (Fsp3) is 0.409. The number of aryl methyl sites for hydroxylation is 2. The highest BCUT2D eigenvalue weighted by Gasteiger charge is 2.26. The zero-order chi connectivity index (χ0) is 22.9. The Morgan fingerprint density at radius 1 is 1.24 bits per heavy atom. The zero-order valence-corrected chi connectivity index (χ0v) is 19.2. The van der Waals surface area contributed by atoms with Crippen LogP contribution in [0.15, 0.2) is 37.2 Å². The topological polar surface area (TPSA) is 132 Å². The van der Waals surface area contributed by atoms with Crippen LogP contribution in [0.2, 0.25) is 0 Å². The van der Waals surface area contributed by atoms with E-state index in [4.69, 9.17) is 8.83 Å². The number of rotatable bonds is 6. The van der Waals surface area contributed by atoms with Gasteiger partial charge in [0.2, 0.25) is 17.6 Å². The third-order valence-corrected chi connectivity index (χ3v) is 6.87. The summed E-state index contributed by atoms with van der Waals surface area (Å²) in [6.07, 6.45) is 7.23. The van der Waals surface area contributed by atoms with Crippen molar-refractivity contribution in [1.82, 2.24) is 25.0 Å². The van der Waals surface area contributed by atoms with Crippen LogP contribution >= 0.6 is 11.8 Å². The molecule has 0 atom stereocenters. The molecule has 5 rings (SSSR count). The Balaban J connectivity index is 1.37. The maximum atomic E-state index is 12.8. The molecule has 172 valence electrons. The van der Waals surface area contributed by atoms with Crippen molar-refractivity contribution in [2.45, 2.75) is 57.1 Å². The Morgan fingerprint density at radius 2 is 2.06 bits per heavy atom. The molecular weight excluding hydrogens is 444 g/mol. The molecule has 4 aromatic heterocycles. The predicted octanol–water partition coefficient (Wildman–Crippen LogP) is 4.22. The van der Waals surface area contributed by atoms with Gasteiger partial charge < -0.3 is 8.83 Å². The highest BCUT2D eigenvalue weighted by molar-refractivity contribution is 7.99. The first-order valence-electron chi connectivity index (χ1n) is 10.9. The number of thioether (sulfide) groups is 1. The first-order chi connectivity index (χ1) is 16.0. The molecule has 1 saturated carbocycles. The summed E-state index contributed by atoms with van der Waals surface area (Å²) in [5.41, 5.74) is 0.224. The molecule has 0 radical (unpaired) electrons. The average molecular weight is 469 g/mol. The largest absolute Gasteiger partial charge is 0.461 e. The molecule has 1 amide bonds. The van der Waals surface area contributed by atoms with Crippen molar-refractivity contribution in [3.05, 3.63) is 40.2 Å². The monoisotopic (exact) mass is 468 g/mol. The summed E-state index contributed by atoms with van der Waals surface area (Å²) in [4.78, 5) is 25.1. The number of furan rings is 2. The van der Waals surface area contributed by atoms with E-state index >= 15 is 0 Å². The van der Waals surface area contributed by atoms with Crippen LogP contribution in [-0.4, -0.2) is 36.6 Å². The van der Waals surface area contributed by atoms with Gasteiger partial charge in [0.15, 0.2) is 10.9 Å². The zero-order valence-electron chi connectivity index (χ0n) is 18.4. The SMILES string of the molecule is Cc1n[nH]c(=O)c2c(NC(=O)CSc3nnc(-c4ccco4)n3C3CCCCC3)oc(C)c12. The van der Waals surface area contributed by atoms with Gasteiger partial charge in [0, 0.05) is 6.04 Å². The second-order valence-corrected chi connectivity index (χ2v) is 9.10. The number of aromatic nitrogens is 5. The minimum atomic E-state index is -0.407. The van der Waals surface area contributed by atoms with Gasteiger partial charge in [0.1, 0.15) is 11.1 Å². The molecule has 1 aliphatic rings. The fourth-order valence-electron chi connectivity index (χ4n) is 4.44. The molecule has 10 nitrogen and oxygen atoms in total. The third-order valence-electron chi connectivity index (χ3n) is 5.93. The van der Waals surface area contributed by atoms with Gasteiger partial charge in [-0.25, -0.2) is 5.10 Å². The van der Waals surface area contributed by atoms with Crippen molar-refractivity contribution in [3.63, 3.8) is 0 Å². The molecule has 1 fully saturated rings. The first-order valence-corrected chi connectivity index (χ1v) is 11.9. The lowest BCUT2D eigenvalue weighted by molar-refractivity contribution is -0.113. The summed E-state index contributed by atoms with van der Waals surface area (Å²) in [7, 11) is 0. The van der Waals surface area contributed by atoms with Crippen LogP contribution in [0.1, 0.15) is 49.6 Å². The van der Waals surface area contributed by atoms with Crippen LogP contribution in [-0.2, 0) is 4.79 Å². The number of hydrogen-bond acceptors (Lipinski definition) is 8. The van der Waals surface area contributed by atoms with E-state index in [9.17, 15) is 9.59 Å². The summed E-state index contributed by atoms with van der Waals surface area (Å²) in [5.74, 6) is 1.78. The molecule has 0 unspecified atom stereocenters. The number of hydrogen-bond donors (Lipinski definition) is 2. The number of fused-ring (bicyclic) bond motifs is 1. The van der Waals surface area contributed by atoms with Crippen LogP contribution in [0.25, 0.3) is 22.4 Å². The molecule has 33 heavy (non-hydrogen) atoms. The molecule has 0 saturated heterocycles. The van der Waals surface area contributed by atoms with E-state index in [1.54, 1.807) is 20.1 Å². The van der Waals surface area contributed by atoms with Crippen molar-refractivity contribution in [2.75, 3.05) is 11.1 Å². The van der Waals surface area contributed by atoms with Crippen molar-refractivity contribution >= 4 is 34.3 Å². The second-order valence-electron chi connectivity index (χ2n) is 8.16. The summed E-state index contributed by atoms with van der Waals surface area (Å²) in [6, 6.07) is 3.96. The van der Waals surface area contributed by atoms with Gasteiger partial charge in [-0.1, -0.05) is 31.0 Å². The van der Waals surface area contributed by atoms with Gasteiger partial charge >= 0.3 is 0 Å². The number of anilines is 1. The van der Waals surface area contributed by atoms with Crippen LogP contribution in [0.3, 0.4) is 0 Å². The maximum absolute atomic E-state index is 12.8. The Hall–Kier alpha value is -3.34. The minimum absolute atomic E-state index is 0.0895. The van der Waals surface area contributed by atoms with Crippen molar-refractivity contribution < 1.29 is 13.6 Å². The molecule has 1 aliphatic carbocycles. The molecule has 0 spiro atoms. The van der Waals surface area contributed by atoms with Gasteiger partial charge in [-0.15, -0.1) is 10.2 Å². The molecule has 4 aromatic rings. The quantitative estimate of drug-likeness (QED) is 0.402. The lowest BCUT2D eigenvalue weighted by Gasteiger charge is -2.25. The van der Waals surface area contributed by atoms with Crippen LogP contribution in [0, 0.1) is 13.8 Å². The van der Waals surface area contributed by atoms with Gasteiger partial charge in [-0.05, 0) is 38.8 Å². The second kappa shape index (κ2) is 8.89. The Morgan fingerprint density at radius 3 is 2.82 bits per heavy atom. The first kappa shape index (κ1) is 21.5. The number of amides is 1. The van der Waals surface area contributed by atoms with Crippen molar-refractivity contribution in [2.24, 2.45) is 0 Å². The Labute approximate surface area is 193 Å². The van der Waals surface area contributed by atoms with E-state index in [1.165, 1.54) is 18.2 Å². The van der Waals surface area contributed by atoms with E-state index < -0.39 is 5.56 Å².